The standard InChI is InChI=1S/C19H22ClFN6.C2HF3O2/c1-11-8-18-25-17(23-13-4-2-12(22)3-5-13)10-19(27(18)26-11)24-14-6-7-16(21)15(20)9-14;3-2(4,5)1(6)7/h6-10,12-13,24H,2-5,22H2,1H3,(H,23,25);(H,6,7). The van der Waals surface area contributed by atoms with Crippen molar-refractivity contribution in [2.75, 3.05) is 10.6 Å². The maximum atomic E-state index is 13.4. The first-order chi connectivity index (χ1) is 15.9. The van der Waals surface area contributed by atoms with E-state index in [0.717, 1.165) is 48.7 Å². The zero-order valence-corrected chi connectivity index (χ0v) is 18.8. The molecule has 3 aromatic rings. The summed E-state index contributed by atoms with van der Waals surface area (Å²) in [6.45, 7) is 1.92. The molecule has 184 valence electrons. The van der Waals surface area contributed by atoms with Crippen LogP contribution in [0.1, 0.15) is 31.4 Å². The fourth-order valence-electron chi connectivity index (χ4n) is 3.45. The second-order valence-electron chi connectivity index (χ2n) is 7.90. The number of carboxylic acid groups (broad SMARTS) is 1. The van der Waals surface area contributed by atoms with Gasteiger partial charge in [0.25, 0.3) is 0 Å². The maximum absolute atomic E-state index is 13.4. The van der Waals surface area contributed by atoms with E-state index >= 15 is 0 Å². The van der Waals surface area contributed by atoms with Crippen LogP contribution in [0.3, 0.4) is 0 Å². The lowest BCUT2D eigenvalue weighted by Crippen LogP contribution is -2.33. The van der Waals surface area contributed by atoms with E-state index < -0.39 is 18.0 Å². The summed E-state index contributed by atoms with van der Waals surface area (Å²) in [6, 6.07) is 9.01. The normalized spacial score (nSPS) is 18.2. The van der Waals surface area contributed by atoms with Crippen LogP contribution < -0.4 is 16.4 Å². The number of carbonyl (C=O) groups is 1. The Labute approximate surface area is 197 Å². The van der Waals surface area contributed by atoms with E-state index in [4.69, 9.17) is 27.2 Å². The van der Waals surface area contributed by atoms with Gasteiger partial charge in [0.2, 0.25) is 0 Å². The second-order valence-corrected chi connectivity index (χ2v) is 8.30. The number of rotatable bonds is 4. The highest BCUT2D eigenvalue weighted by molar-refractivity contribution is 6.31. The van der Waals surface area contributed by atoms with Crippen molar-refractivity contribution in [2.45, 2.75) is 50.9 Å². The number of aryl methyl sites for hydroxylation is 1. The zero-order valence-electron chi connectivity index (χ0n) is 18.0. The molecular weight excluding hydrogens is 480 g/mol. The second kappa shape index (κ2) is 10.4. The smallest absolute Gasteiger partial charge is 0.475 e. The van der Waals surface area contributed by atoms with Crippen molar-refractivity contribution in [1.82, 2.24) is 14.6 Å². The highest BCUT2D eigenvalue weighted by Gasteiger charge is 2.38. The summed E-state index contributed by atoms with van der Waals surface area (Å²) in [5.41, 5.74) is 8.28. The Morgan fingerprint density at radius 1 is 1.21 bits per heavy atom. The topological polar surface area (TPSA) is 118 Å². The first-order valence-corrected chi connectivity index (χ1v) is 10.7. The number of hydrogen-bond donors (Lipinski definition) is 4. The molecule has 1 aliphatic rings. The van der Waals surface area contributed by atoms with Gasteiger partial charge in [-0.15, -0.1) is 0 Å². The van der Waals surface area contributed by atoms with Crippen LogP contribution in [0.4, 0.5) is 34.9 Å². The molecule has 0 atom stereocenters. The van der Waals surface area contributed by atoms with Gasteiger partial charge in [0.05, 0.1) is 10.7 Å². The molecule has 0 spiro atoms. The molecular formula is C21H23ClF4N6O2. The highest BCUT2D eigenvalue weighted by Crippen LogP contribution is 2.26. The summed E-state index contributed by atoms with van der Waals surface area (Å²) in [6.07, 6.45) is -0.985. The lowest BCUT2D eigenvalue weighted by Gasteiger charge is -2.27. The molecule has 4 rings (SSSR count). The van der Waals surface area contributed by atoms with E-state index in [0.29, 0.717) is 17.8 Å². The van der Waals surface area contributed by atoms with Crippen LogP contribution in [-0.4, -0.2) is 43.9 Å². The van der Waals surface area contributed by atoms with Gasteiger partial charge in [-0.05, 0) is 50.8 Å². The molecule has 0 amide bonds. The van der Waals surface area contributed by atoms with Crippen molar-refractivity contribution in [3.8, 4) is 0 Å². The molecule has 2 heterocycles. The number of nitrogens with one attached hydrogen (secondary N) is 2. The molecule has 8 nitrogen and oxygen atoms in total. The van der Waals surface area contributed by atoms with Crippen molar-refractivity contribution < 1.29 is 27.5 Å². The maximum Gasteiger partial charge on any atom is 0.490 e. The minimum absolute atomic E-state index is 0.0684. The molecule has 1 aliphatic carbocycles. The monoisotopic (exact) mass is 502 g/mol. The van der Waals surface area contributed by atoms with Crippen LogP contribution in [0.25, 0.3) is 5.65 Å². The summed E-state index contributed by atoms with van der Waals surface area (Å²) in [4.78, 5) is 13.6. The van der Waals surface area contributed by atoms with Crippen molar-refractivity contribution in [2.24, 2.45) is 5.73 Å². The van der Waals surface area contributed by atoms with E-state index in [9.17, 15) is 17.6 Å². The van der Waals surface area contributed by atoms with Gasteiger partial charge >= 0.3 is 12.1 Å². The molecule has 13 heteroatoms. The number of halogens is 5. The van der Waals surface area contributed by atoms with E-state index in [-0.39, 0.29) is 5.02 Å². The van der Waals surface area contributed by atoms with Crippen LogP contribution >= 0.6 is 11.6 Å². The number of anilines is 3. The average molecular weight is 503 g/mol. The number of nitrogens with two attached hydrogens (primary N) is 1. The number of alkyl halides is 3. The summed E-state index contributed by atoms with van der Waals surface area (Å²) in [5, 5.41) is 18.5. The Bertz CT molecular complexity index is 1160. The van der Waals surface area contributed by atoms with Gasteiger partial charge < -0.3 is 21.5 Å². The molecule has 0 unspecified atom stereocenters. The molecule has 0 bridgehead atoms. The molecule has 1 aromatic carbocycles. The van der Waals surface area contributed by atoms with Crippen molar-refractivity contribution >= 4 is 40.5 Å². The van der Waals surface area contributed by atoms with Gasteiger partial charge in [0.1, 0.15) is 17.5 Å². The average Bonchev–Trinajstić information content (AvgIpc) is 3.13. The molecule has 0 aliphatic heterocycles. The number of aromatic nitrogens is 3. The van der Waals surface area contributed by atoms with Crippen LogP contribution in [0.15, 0.2) is 30.3 Å². The van der Waals surface area contributed by atoms with Gasteiger partial charge in [0.15, 0.2) is 5.65 Å². The number of fused-ring (bicyclic) bond motifs is 1. The molecule has 5 N–H and O–H groups in total. The largest absolute Gasteiger partial charge is 0.490 e. The fraction of sp³-hybridized carbons (Fsp3) is 0.381. The lowest BCUT2D eigenvalue weighted by molar-refractivity contribution is -0.192. The van der Waals surface area contributed by atoms with E-state index in [1.807, 2.05) is 19.1 Å². The van der Waals surface area contributed by atoms with Gasteiger partial charge in [-0.1, -0.05) is 11.6 Å². The highest BCUT2D eigenvalue weighted by atomic mass is 35.5. The fourth-order valence-corrected chi connectivity index (χ4v) is 3.63. The number of aliphatic carboxylic acids is 1. The molecule has 34 heavy (non-hydrogen) atoms. The van der Waals surface area contributed by atoms with Gasteiger partial charge in [-0.2, -0.15) is 22.8 Å². The summed E-state index contributed by atoms with van der Waals surface area (Å²) in [5.74, 6) is -1.70. The third-order valence-corrected chi connectivity index (χ3v) is 5.40. The van der Waals surface area contributed by atoms with E-state index in [2.05, 4.69) is 20.7 Å². The van der Waals surface area contributed by atoms with Crippen molar-refractivity contribution in [1.29, 1.82) is 0 Å². The van der Waals surface area contributed by atoms with Crippen LogP contribution in [0.5, 0.6) is 0 Å². The van der Waals surface area contributed by atoms with Gasteiger partial charge in [-0.3, -0.25) is 0 Å². The number of carboxylic acids is 1. The number of benzene rings is 1. The predicted octanol–water partition coefficient (Wildman–Crippen LogP) is 4.89. The summed E-state index contributed by atoms with van der Waals surface area (Å²) < 4.78 is 46.9. The Kier molecular flexibility index (Phi) is 7.82. The van der Waals surface area contributed by atoms with Crippen molar-refractivity contribution in [3.63, 3.8) is 0 Å². The molecule has 0 radical (unpaired) electrons. The SMILES string of the molecule is Cc1cc2nc(NC3CCC(N)CC3)cc(Nc3ccc(F)c(Cl)c3)n2n1.O=C(O)C(F)(F)F. The summed E-state index contributed by atoms with van der Waals surface area (Å²) in [7, 11) is 0. The molecule has 0 saturated heterocycles. The lowest BCUT2D eigenvalue weighted by atomic mass is 9.92. The van der Waals surface area contributed by atoms with Crippen LogP contribution in [-0.2, 0) is 4.79 Å². The molecule has 1 saturated carbocycles. The van der Waals surface area contributed by atoms with Crippen LogP contribution in [0.2, 0.25) is 5.02 Å². The van der Waals surface area contributed by atoms with E-state index in [1.54, 1.807) is 16.6 Å². The number of hydrogen-bond acceptors (Lipinski definition) is 6. The third-order valence-electron chi connectivity index (χ3n) is 5.11. The number of nitrogens with zero attached hydrogens (tertiary/aromatic N) is 3. The van der Waals surface area contributed by atoms with E-state index in [1.165, 1.54) is 6.07 Å². The summed E-state index contributed by atoms with van der Waals surface area (Å²) >= 11 is 5.90. The molecule has 2 aromatic heterocycles. The van der Waals surface area contributed by atoms with Crippen LogP contribution in [0, 0.1) is 12.7 Å². The van der Waals surface area contributed by atoms with Crippen molar-refractivity contribution in [3.05, 3.63) is 46.9 Å². The minimum Gasteiger partial charge on any atom is -0.475 e. The molecule has 1 fully saturated rings. The quantitative estimate of drug-likeness (QED) is 0.375. The third kappa shape index (κ3) is 6.70. The van der Waals surface area contributed by atoms with Gasteiger partial charge in [-0.25, -0.2) is 14.2 Å². The Morgan fingerprint density at radius 3 is 2.44 bits per heavy atom. The zero-order chi connectivity index (χ0) is 25.0. The Hall–Kier alpha value is -3.12. The Balaban J connectivity index is 0.000000406. The predicted molar refractivity (Wildman–Crippen MR) is 120 cm³/mol. The minimum atomic E-state index is -5.08. The first-order valence-electron chi connectivity index (χ1n) is 10.3. The Morgan fingerprint density at radius 2 is 1.85 bits per heavy atom. The first kappa shape index (κ1) is 25.5. The van der Waals surface area contributed by atoms with Gasteiger partial charge in [0, 0.05) is 29.9 Å².